The van der Waals surface area contributed by atoms with E-state index in [0.717, 1.165) is 26.2 Å². The molecular weight excluding hydrogens is 358 g/mol. The Balaban J connectivity index is 1.54. The first-order valence-corrected chi connectivity index (χ1v) is 9.41. The summed E-state index contributed by atoms with van der Waals surface area (Å²) in [6.07, 6.45) is 3.28. The number of nitrogens with zero attached hydrogens (tertiary/aromatic N) is 3. The normalized spacial score (nSPS) is 19.0. The Morgan fingerprint density at radius 3 is 2.61 bits per heavy atom. The van der Waals surface area contributed by atoms with Crippen LogP contribution in [0.4, 0.5) is 0 Å². The van der Waals surface area contributed by atoms with Gasteiger partial charge in [0.25, 0.3) is 0 Å². The van der Waals surface area contributed by atoms with Gasteiger partial charge in [0.15, 0.2) is 5.76 Å². The largest absolute Gasteiger partial charge is 0.507 e. The summed E-state index contributed by atoms with van der Waals surface area (Å²) in [5.41, 5.74) is 1.74. The fourth-order valence-corrected chi connectivity index (χ4v) is 3.58. The summed E-state index contributed by atoms with van der Waals surface area (Å²) < 4.78 is 5.88. The Morgan fingerprint density at radius 1 is 1.11 bits per heavy atom. The minimum Gasteiger partial charge on any atom is -0.507 e. The van der Waals surface area contributed by atoms with Crippen LogP contribution in [0.5, 0.6) is 11.5 Å². The minimum absolute atomic E-state index is 0.128. The third kappa shape index (κ3) is 3.77. The number of allylic oxidation sites excluding steroid dienone is 1. The van der Waals surface area contributed by atoms with E-state index in [1.165, 1.54) is 0 Å². The number of hydrogen-bond donors (Lipinski definition) is 2. The molecule has 0 unspecified atom stereocenters. The molecule has 2 N–H and O–H groups in total. The number of ketones is 1. The Morgan fingerprint density at radius 2 is 1.89 bits per heavy atom. The predicted octanol–water partition coefficient (Wildman–Crippen LogP) is 1.51. The Bertz CT molecular complexity index is 890. The van der Waals surface area contributed by atoms with Crippen molar-refractivity contribution in [2.24, 2.45) is 0 Å². The van der Waals surface area contributed by atoms with E-state index in [4.69, 9.17) is 9.84 Å². The maximum absolute atomic E-state index is 12.7. The maximum Gasteiger partial charge on any atom is 0.232 e. The van der Waals surface area contributed by atoms with Gasteiger partial charge in [-0.05, 0) is 24.3 Å². The van der Waals surface area contributed by atoms with Crippen LogP contribution in [-0.2, 0) is 6.54 Å². The van der Waals surface area contributed by atoms with Crippen molar-refractivity contribution in [3.63, 3.8) is 0 Å². The van der Waals surface area contributed by atoms with Gasteiger partial charge in [-0.2, -0.15) is 0 Å². The quantitative estimate of drug-likeness (QED) is 0.760. The van der Waals surface area contributed by atoms with Crippen LogP contribution >= 0.6 is 0 Å². The number of aromatic hydroxyl groups is 1. The molecule has 1 aromatic heterocycles. The summed E-state index contributed by atoms with van der Waals surface area (Å²) in [5, 5.41) is 19.5. The number of hydrogen-bond acceptors (Lipinski definition) is 7. The van der Waals surface area contributed by atoms with Gasteiger partial charge in [-0.3, -0.25) is 19.6 Å². The Hall–Kier alpha value is -2.74. The predicted molar refractivity (Wildman–Crippen MR) is 104 cm³/mol. The fraction of sp³-hybridized carbons (Fsp3) is 0.333. The number of pyridine rings is 1. The highest BCUT2D eigenvalue weighted by Gasteiger charge is 2.32. The summed E-state index contributed by atoms with van der Waals surface area (Å²) in [6.45, 7) is 4.73. The second kappa shape index (κ2) is 8.10. The molecule has 7 nitrogen and oxygen atoms in total. The van der Waals surface area contributed by atoms with Gasteiger partial charge in [-0.1, -0.05) is 6.07 Å². The molecule has 2 aromatic rings. The lowest BCUT2D eigenvalue weighted by molar-refractivity contribution is 0.101. The summed E-state index contributed by atoms with van der Waals surface area (Å²) in [6, 6.07) is 8.62. The van der Waals surface area contributed by atoms with Crippen LogP contribution in [0.15, 0.2) is 42.3 Å². The molecule has 0 bridgehead atoms. The maximum atomic E-state index is 12.7. The molecule has 1 saturated heterocycles. The van der Waals surface area contributed by atoms with E-state index in [1.807, 2.05) is 12.1 Å². The molecule has 0 saturated carbocycles. The number of aromatic nitrogens is 1. The van der Waals surface area contributed by atoms with Crippen molar-refractivity contribution in [3.8, 4) is 11.5 Å². The number of aliphatic hydroxyl groups excluding tert-OH is 1. The van der Waals surface area contributed by atoms with Gasteiger partial charge < -0.3 is 14.9 Å². The van der Waals surface area contributed by atoms with Crippen molar-refractivity contribution in [2.45, 2.75) is 6.54 Å². The number of carbonyl (C=O) groups excluding carboxylic acids is 1. The summed E-state index contributed by atoms with van der Waals surface area (Å²) >= 11 is 0. The van der Waals surface area contributed by atoms with E-state index >= 15 is 0 Å². The third-order valence-corrected chi connectivity index (χ3v) is 5.15. The number of β-amino-alcohol motifs (C(OH)–C–C–N with tert-alkyl or cyclic N) is 1. The first-order valence-electron chi connectivity index (χ1n) is 9.41. The van der Waals surface area contributed by atoms with E-state index < -0.39 is 0 Å². The van der Waals surface area contributed by atoms with Crippen LogP contribution in [0.2, 0.25) is 0 Å². The zero-order valence-electron chi connectivity index (χ0n) is 15.5. The van der Waals surface area contributed by atoms with E-state index in [-0.39, 0.29) is 23.9 Å². The van der Waals surface area contributed by atoms with Crippen LogP contribution in [0.3, 0.4) is 0 Å². The molecule has 2 aliphatic rings. The highest BCUT2D eigenvalue weighted by molar-refractivity contribution is 6.14. The second-order valence-corrected chi connectivity index (χ2v) is 6.98. The van der Waals surface area contributed by atoms with Crippen molar-refractivity contribution in [1.82, 2.24) is 14.8 Å². The standard InChI is InChI=1S/C21H23N3O4/c25-12-11-23-7-9-24(10-8-23)14-17-18(26)5-4-16-20(27)19(28-21(16)17)13-15-3-1-2-6-22-15/h1-6,13,25-26H,7-12,14H2/b19-13-. The summed E-state index contributed by atoms with van der Waals surface area (Å²) in [7, 11) is 0. The van der Waals surface area contributed by atoms with E-state index in [1.54, 1.807) is 30.5 Å². The molecule has 1 aromatic carbocycles. The van der Waals surface area contributed by atoms with E-state index in [2.05, 4.69) is 14.8 Å². The number of phenols is 1. The van der Waals surface area contributed by atoms with Crippen molar-refractivity contribution in [1.29, 1.82) is 0 Å². The number of ether oxygens (including phenoxy) is 1. The molecule has 0 spiro atoms. The number of phenolic OH excluding ortho intramolecular Hbond substituents is 1. The van der Waals surface area contributed by atoms with Gasteiger partial charge in [-0.15, -0.1) is 0 Å². The highest BCUT2D eigenvalue weighted by atomic mass is 16.5. The van der Waals surface area contributed by atoms with Crippen molar-refractivity contribution in [2.75, 3.05) is 39.3 Å². The van der Waals surface area contributed by atoms with Crippen molar-refractivity contribution < 1.29 is 19.7 Å². The van der Waals surface area contributed by atoms with Gasteiger partial charge in [0.05, 0.1) is 23.4 Å². The molecule has 2 aliphatic heterocycles. The van der Waals surface area contributed by atoms with E-state index in [9.17, 15) is 9.90 Å². The molecular formula is C21H23N3O4. The number of Topliss-reactive ketones (excluding diaryl/α,β-unsaturated/α-hetero) is 1. The molecule has 0 radical (unpaired) electrons. The van der Waals surface area contributed by atoms with Gasteiger partial charge in [0.1, 0.15) is 11.5 Å². The number of piperazine rings is 1. The monoisotopic (exact) mass is 381 g/mol. The molecule has 7 heteroatoms. The molecule has 0 atom stereocenters. The molecule has 0 amide bonds. The van der Waals surface area contributed by atoms with Gasteiger partial charge >= 0.3 is 0 Å². The van der Waals surface area contributed by atoms with Crippen LogP contribution in [0.25, 0.3) is 6.08 Å². The number of fused-ring (bicyclic) bond motifs is 1. The lowest BCUT2D eigenvalue weighted by Gasteiger charge is -2.34. The zero-order valence-corrected chi connectivity index (χ0v) is 15.5. The molecule has 0 aliphatic carbocycles. The molecule has 4 rings (SSSR count). The molecule has 146 valence electrons. The zero-order chi connectivity index (χ0) is 19.5. The minimum atomic E-state index is -0.199. The Labute approximate surface area is 163 Å². The van der Waals surface area contributed by atoms with Crippen LogP contribution in [-0.4, -0.2) is 70.1 Å². The van der Waals surface area contributed by atoms with Crippen LogP contribution in [0, 0.1) is 0 Å². The molecule has 3 heterocycles. The van der Waals surface area contributed by atoms with Crippen LogP contribution < -0.4 is 4.74 Å². The topological polar surface area (TPSA) is 86.1 Å². The number of rotatable bonds is 5. The van der Waals surface area contributed by atoms with Gasteiger partial charge in [-0.25, -0.2) is 0 Å². The lowest BCUT2D eigenvalue weighted by Crippen LogP contribution is -2.46. The first kappa shape index (κ1) is 18.6. The number of benzene rings is 1. The average Bonchev–Trinajstić information content (AvgIpc) is 3.02. The SMILES string of the molecule is O=C1/C(=C/c2ccccn2)Oc2c1ccc(O)c2CN1CCN(CCO)CC1. The van der Waals surface area contributed by atoms with Crippen molar-refractivity contribution in [3.05, 3.63) is 59.1 Å². The van der Waals surface area contributed by atoms with Crippen LogP contribution in [0.1, 0.15) is 21.6 Å². The van der Waals surface area contributed by atoms with Gasteiger partial charge in [0.2, 0.25) is 5.78 Å². The Kier molecular flexibility index (Phi) is 5.38. The van der Waals surface area contributed by atoms with Crippen molar-refractivity contribution >= 4 is 11.9 Å². The van der Waals surface area contributed by atoms with E-state index in [0.29, 0.717) is 35.7 Å². The fourth-order valence-electron chi connectivity index (χ4n) is 3.58. The summed E-state index contributed by atoms with van der Waals surface area (Å²) in [5.74, 6) is 0.580. The number of aliphatic hydroxyl groups is 1. The lowest BCUT2D eigenvalue weighted by atomic mass is 10.0. The highest BCUT2D eigenvalue weighted by Crippen LogP contribution is 2.40. The first-order chi connectivity index (χ1) is 13.7. The third-order valence-electron chi connectivity index (χ3n) is 5.15. The summed E-state index contributed by atoms with van der Waals surface area (Å²) in [4.78, 5) is 21.4. The number of carbonyl (C=O) groups is 1. The molecule has 1 fully saturated rings. The average molecular weight is 381 g/mol. The smallest absolute Gasteiger partial charge is 0.232 e. The molecule has 28 heavy (non-hydrogen) atoms. The van der Waals surface area contributed by atoms with Gasteiger partial charge in [0, 0.05) is 51.5 Å². The second-order valence-electron chi connectivity index (χ2n) is 6.98.